The summed E-state index contributed by atoms with van der Waals surface area (Å²) in [5, 5.41) is 11.0. The van der Waals surface area contributed by atoms with Gasteiger partial charge in [-0.15, -0.1) is 0 Å². The molecule has 1 saturated heterocycles. The van der Waals surface area contributed by atoms with Crippen molar-refractivity contribution in [2.24, 2.45) is 11.3 Å². The van der Waals surface area contributed by atoms with Crippen molar-refractivity contribution in [1.29, 1.82) is 0 Å². The Morgan fingerprint density at radius 3 is 2.31 bits per heavy atom. The number of ether oxygens (including phenoxy) is 1. The molecule has 2 aliphatic rings. The second-order valence-corrected chi connectivity index (χ2v) is 11.4. The molecule has 1 saturated carbocycles. The number of carbonyl (C=O) groups is 2. The summed E-state index contributed by atoms with van der Waals surface area (Å²) in [5.74, 6) is -0.362. The Bertz CT molecular complexity index is 1170. The number of halogens is 4. The quantitative estimate of drug-likeness (QED) is 0.418. The number of likely N-dealkylation sites (tertiary alicyclic amines) is 1. The van der Waals surface area contributed by atoms with E-state index >= 15 is 0 Å². The Morgan fingerprint density at radius 2 is 1.74 bits per heavy atom. The number of benzene rings is 2. The summed E-state index contributed by atoms with van der Waals surface area (Å²) >= 11 is 6.23. The van der Waals surface area contributed by atoms with Crippen molar-refractivity contribution in [1.82, 2.24) is 9.80 Å². The molecule has 1 aliphatic carbocycles. The molecule has 2 fully saturated rings. The van der Waals surface area contributed by atoms with Gasteiger partial charge in [-0.1, -0.05) is 41.9 Å². The van der Waals surface area contributed by atoms with Gasteiger partial charge in [0.1, 0.15) is 5.75 Å². The molecule has 1 aliphatic heterocycles. The molecular weight excluding hydrogens is 533 g/mol. The van der Waals surface area contributed by atoms with E-state index in [0.717, 1.165) is 42.7 Å². The zero-order valence-electron chi connectivity index (χ0n) is 22.1. The Labute approximate surface area is 231 Å². The van der Waals surface area contributed by atoms with Crippen molar-refractivity contribution < 1.29 is 32.6 Å². The Morgan fingerprint density at radius 1 is 1.10 bits per heavy atom. The SMILES string of the molecule is CN(C)C(=O)c1ccc(OCCCC2CC3(CCN(C(=O)[C@](O)(c4ccccc4)C(F)(F)F)CC3)C2)cc1Cl. The Kier molecular flexibility index (Phi) is 8.52. The number of hydrogen-bond donors (Lipinski definition) is 1. The smallest absolute Gasteiger partial charge is 0.430 e. The van der Waals surface area contributed by atoms with E-state index in [9.17, 15) is 27.9 Å². The topological polar surface area (TPSA) is 70.1 Å². The highest BCUT2D eigenvalue weighted by atomic mass is 35.5. The van der Waals surface area contributed by atoms with E-state index in [0.29, 0.717) is 41.7 Å². The average Bonchev–Trinajstić information content (AvgIpc) is 2.89. The third-order valence-electron chi connectivity index (χ3n) is 8.07. The van der Waals surface area contributed by atoms with Crippen molar-refractivity contribution >= 4 is 23.4 Å². The Hall–Kier alpha value is -2.78. The molecule has 2 aromatic carbocycles. The number of amides is 2. The van der Waals surface area contributed by atoms with E-state index in [2.05, 4.69) is 0 Å². The molecule has 0 unspecified atom stereocenters. The molecule has 0 aromatic heterocycles. The summed E-state index contributed by atoms with van der Waals surface area (Å²) in [5.41, 5.74) is -3.54. The molecule has 0 bridgehead atoms. The van der Waals surface area contributed by atoms with Crippen molar-refractivity contribution in [2.45, 2.75) is 50.3 Å². The maximum absolute atomic E-state index is 13.9. The minimum atomic E-state index is -5.12. The second kappa shape index (κ2) is 11.4. The monoisotopic (exact) mass is 566 g/mol. The lowest BCUT2D eigenvalue weighted by atomic mass is 9.56. The summed E-state index contributed by atoms with van der Waals surface area (Å²) in [6, 6.07) is 11.6. The van der Waals surface area contributed by atoms with Crippen LogP contribution in [-0.2, 0) is 10.4 Å². The van der Waals surface area contributed by atoms with E-state index in [-0.39, 0.29) is 24.4 Å². The highest BCUT2D eigenvalue weighted by molar-refractivity contribution is 6.34. The van der Waals surface area contributed by atoms with Crippen LogP contribution >= 0.6 is 11.6 Å². The Balaban J connectivity index is 1.22. The van der Waals surface area contributed by atoms with Gasteiger partial charge in [-0.2, -0.15) is 13.2 Å². The van der Waals surface area contributed by atoms with Crippen molar-refractivity contribution in [2.75, 3.05) is 33.8 Å². The highest BCUT2D eigenvalue weighted by Crippen LogP contribution is 2.54. The zero-order chi connectivity index (χ0) is 28.4. The van der Waals surface area contributed by atoms with Crippen LogP contribution in [0, 0.1) is 11.3 Å². The summed E-state index contributed by atoms with van der Waals surface area (Å²) in [6.07, 6.45) is -0.0970. The van der Waals surface area contributed by atoms with E-state index in [1.807, 2.05) is 0 Å². The van der Waals surface area contributed by atoms with Crippen LogP contribution in [-0.4, -0.2) is 66.7 Å². The maximum Gasteiger partial charge on any atom is 0.430 e. The normalized spacial score (nSPS) is 18.8. The first-order valence-corrected chi connectivity index (χ1v) is 13.5. The number of piperidine rings is 1. The lowest BCUT2D eigenvalue weighted by Crippen LogP contribution is -2.58. The van der Waals surface area contributed by atoms with Crippen LogP contribution in [0.3, 0.4) is 0 Å². The van der Waals surface area contributed by atoms with Gasteiger partial charge in [-0.3, -0.25) is 9.59 Å². The summed E-state index contributed by atoms with van der Waals surface area (Å²) in [6.45, 7) is 0.915. The van der Waals surface area contributed by atoms with Crippen molar-refractivity contribution in [3.8, 4) is 5.75 Å². The molecule has 1 atom stereocenters. The molecule has 212 valence electrons. The molecule has 1 spiro atoms. The minimum absolute atomic E-state index is 0.0493. The first-order chi connectivity index (χ1) is 18.4. The zero-order valence-corrected chi connectivity index (χ0v) is 22.9. The van der Waals surface area contributed by atoms with Gasteiger partial charge in [-0.25, -0.2) is 0 Å². The van der Waals surface area contributed by atoms with E-state index in [1.54, 1.807) is 32.3 Å². The molecule has 0 radical (unpaired) electrons. The van der Waals surface area contributed by atoms with Gasteiger partial charge in [0.25, 0.3) is 17.4 Å². The fraction of sp³-hybridized carbons (Fsp3) is 0.517. The van der Waals surface area contributed by atoms with Gasteiger partial charge >= 0.3 is 6.18 Å². The first-order valence-electron chi connectivity index (χ1n) is 13.1. The third-order valence-corrected chi connectivity index (χ3v) is 8.38. The van der Waals surface area contributed by atoms with Crippen LogP contribution in [0.15, 0.2) is 48.5 Å². The van der Waals surface area contributed by atoms with E-state index in [1.165, 1.54) is 23.1 Å². The van der Waals surface area contributed by atoms with E-state index in [4.69, 9.17) is 16.3 Å². The van der Waals surface area contributed by atoms with Crippen molar-refractivity contribution in [3.63, 3.8) is 0 Å². The van der Waals surface area contributed by atoms with Crippen LogP contribution < -0.4 is 4.74 Å². The summed E-state index contributed by atoms with van der Waals surface area (Å²) < 4.78 is 47.5. The predicted molar refractivity (Wildman–Crippen MR) is 142 cm³/mol. The lowest BCUT2D eigenvalue weighted by Gasteiger charge is -2.53. The lowest BCUT2D eigenvalue weighted by molar-refractivity contribution is -0.262. The van der Waals surface area contributed by atoms with Gasteiger partial charge in [0.15, 0.2) is 0 Å². The molecule has 10 heteroatoms. The number of rotatable bonds is 8. The summed E-state index contributed by atoms with van der Waals surface area (Å²) in [7, 11) is 3.33. The van der Waals surface area contributed by atoms with Crippen LogP contribution in [0.2, 0.25) is 5.02 Å². The van der Waals surface area contributed by atoms with Gasteiger partial charge < -0.3 is 19.6 Å². The fourth-order valence-electron chi connectivity index (χ4n) is 5.84. The first kappa shape index (κ1) is 29.2. The van der Waals surface area contributed by atoms with Crippen LogP contribution in [0.25, 0.3) is 0 Å². The number of aliphatic hydroxyl groups is 1. The largest absolute Gasteiger partial charge is 0.494 e. The average molecular weight is 567 g/mol. The molecule has 2 amide bonds. The molecule has 4 rings (SSSR count). The van der Waals surface area contributed by atoms with Gasteiger partial charge in [0.2, 0.25) is 0 Å². The third kappa shape index (κ3) is 6.04. The van der Waals surface area contributed by atoms with Crippen LogP contribution in [0.4, 0.5) is 13.2 Å². The maximum atomic E-state index is 13.9. The highest BCUT2D eigenvalue weighted by Gasteiger charge is 2.62. The van der Waals surface area contributed by atoms with E-state index < -0.39 is 23.2 Å². The van der Waals surface area contributed by atoms with Gasteiger partial charge in [0.05, 0.1) is 17.2 Å². The number of carbonyl (C=O) groups excluding carboxylic acids is 2. The molecule has 1 heterocycles. The standard InChI is InChI=1S/C29H34ClF3N2O4/c1-34(2)25(36)23-11-10-22(17-24(23)30)39-16-6-7-20-18-27(19-20)12-14-35(15-13-27)26(37)28(38,29(31,32)33)21-8-4-3-5-9-21/h3-5,8-11,17,20,38H,6-7,12-16,18-19H2,1-2H3/t28-/m1/s1. The summed E-state index contributed by atoms with van der Waals surface area (Å²) in [4.78, 5) is 27.7. The number of hydrogen-bond acceptors (Lipinski definition) is 4. The van der Waals surface area contributed by atoms with Gasteiger partial charge in [-0.05, 0) is 68.1 Å². The van der Waals surface area contributed by atoms with Crippen LogP contribution in [0.5, 0.6) is 5.75 Å². The van der Waals surface area contributed by atoms with Crippen molar-refractivity contribution in [3.05, 3.63) is 64.7 Å². The number of nitrogens with zero attached hydrogens (tertiary/aromatic N) is 2. The molecular formula is C29H34ClF3N2O4. The molecule has 6 nitrogen and oxygen atoms in total. The van der Waals surface area contributed by atoms with Crippen LogP contribution in [0.1, 0.15) is 54.4 Å². The fourth-order valence-corrected chi connectivity index (χ4v) is 6.09. The predicted octanol–water partition coefficient (Wildman–Crippen LogP) is 5.67. The number of alkyl halides is 3. The second-order valence-electron chi connectivity index (χ2n) is 11.0. The van der Waals surface area contributed by atoms with Gasteiger partial charge in [0, 0.05) is 32.7 Å². The molecule has 39 heavy (non-hydrogen) atoms. The minimum Gasteiger partial charge on any atom is -0.494 e. The molecule has 1 N–H and O–H groups in total. The molecule has 2 aromatic rings.